The van der Waals surface area contributed by atoms with E-state index >= 15 is 0 Å². The van der Waals surface area contributed by atoms with Crippen LogP contribution in [0.1, 0.15) is 12.5 Å². The van der Waals surface area contributed by atoms with Gasteiger partial charge in [0, 0.05) is 18.7 Å². The standard InChI is InChI=1S/C11H11ClN2O3S/c1-7(15)18-4-2-3-8-5-11(14(16)17)10(13)6-9(8)12/h2-3,5-6H,4,13H2,1H3. The third-order valence-electron chi connectivity index (χ3n) is 2.02. The molecule has 0 bridgehead atoms. The highest BCUT2D eigenvalue weighted by atomic mass is 35.5. The lowest BCUT2D eigenvalue weighted by Gasteiger charge is -2.02. The van der Waals surface area contributed by atoms with Crippen molar-refractivity contribution in [3.05, 3.63) is 38.9 Å². The number of anilines is 1. The highest BCUT2D eigenvalue weighted by Gasteiger charge is 2.13. The van der Waals surface area contributed by atoms with Crippen LogP contribution in [0.3, 0.4) is 0 Å². The van der Waals surface area contributed by atoms with Gasteiger partial charge in [0.1, 0.15) is 5.69 Å². The van der Waals surface area contributed by atoms with Crippen LogP contribution in [0.4, 0.5) is 11.4 Å². The number of carbonyl (C=O) groups is 1. The number of nitro benzene ring substituents is 1. The molecule has 0 unspecified atom stereocenters. The number of benzene rings is 1. The first-order valence-corrected chi connectivity index (χ1v) is 6.31. The Balaban J connectivity index is 2.92. The molecule has 0 aliphatic carbocycles. The second kappa shape index (κ2) is 6.42. The maximum atomic E-state index is 10.7. The molecule has 7 heteroatoms. The topological polar surface area (TPSA) is 86.2 Å². The fourth-order valence-corrected chi connectivity index (χ4v) is 1.88. The van der Waals surface area contributed by atoms with Crippen molar-refractivity contribution in [2.75, 3.05) is 11.5 Å². The molecule has 0 aliphatic heterocycles. The van der Waals surface area contributed by atoms with Gasteiger partial charge in [0.05, 0.1) is 9.95 Å². The predicted octanol–water partition coefficient (Wildman–Crippen LogP) is 3.12. The predicted molar refractivity (Wildman–Crippen MR) is 74.7 cm³/mol. The number of nitro groups is 1. The number of nitrogen functional groups attached to an aromatic ring is 1. The molecule has 1 aromatic rings. The van der Waals surface area contributed by atoms with E-state index in [2.05, 4.69) is 0 Å². The molecular weight excluding hydrogens is 276 g/mol. The van der Waals surface area contributed by atoms with Crippen molar-refractivity contribution < 1.29 is 9.72 Å². The zero-order valence-electron chi connectivity index (χ0n) is 9.55. The Morgan fingerprint density at radius 3 is 2.83 bits per heavy atom. The summed E-state index contributed by atoms with van der Waals surface area (Å²) in [5, 5.41) is 11.1. The normalized spacial score (nSPS) is 10.8. The van der Waals surface area contributed by atoms with Gasteiger partial charge in [-0.3, -0.25) is 14.9 Å². The Labute approximate surface area is 113 Å². The van der Waals surface area contributed by atoms with E-state index in [-0.39, 0.29) is 16.5 Å². The van der Waals surface area contributed by atoms with Gasteiger partial charge >= 0.3 is 0 Å². The average molecular weight is 287 g/mol. The molecular formula is C11H11ClN2O3S. The van der Waals surface area contributed by atoms with Crippen molar-refractivity contribution in [3.63, 3.8) is 0 Å². The number of nitrogens with zero attached hydrogens (tertiary/aromatic N) is 1. The van der Waals surface area contributed by atoms with Crippen LogP contribution in [0.25, 0.3) is 6.08 Å². The van der Waals surface area contributed by atoms with Crippen LogP contribution in [0.5, 0.6) is 0 Å². The zero-order chi connectivity index (χ0) is 13.7. The van der Waals surface area contributed by atoms with Crippen LogP contribution in [-0.4, -0.2) is 15.8 Å². The first kappa shape index (κ1) is 14.5. The minimum atomic E-state index is -0.562. The van der Waals surface area contributed by atoms with Crippen LogP contribution < -0.4 is 5.73 Å². The molecule has 1 aromatic carbocycles. The number of nitrogens with two attached hydrogens (primary N) is 1. The van der Waals surface area contributed by atoms with Gasteiger partial charge < -0.3 is 5.73 Å². The molecule has 0 amide bonds. The highest BCUT2D eigenvalue weighted by Crippen LogP contribution is 2.29. The van der Waals surface area contributed by atoms with Crippen LogP contribution in [0.15, 0.2) is 18.2 Å². The van der Waals surface area contributed by atoms with Crippen molar-refractivity contribution in [1.82, 2.24) is 0 Å². The van der Waals surface area contributed by atoms with Gasteiger partial charge in [0.2, 0.25) is 0 Å². The van der Waals surface area contributed by atoms with Crippen molar-refractivity contribution >= 4 is 45.9 Å². The summed E-state index contributed by atoms with van der Waals surface area (Å²) >= 11 is 7.06. The van der Waals surface area contributed by atoms with E-state index in [0.717, 1.165) is 11.8 Å². The summed E-state index contributed by atoms with van der Waals surface area (Å²) in [5.41, 5.74) is 5.83. The maximum Gasteiger partial charge on any atom is 0.292 e. The molecule has 96 valence electrons. The number of thioether (sulfide) groups is 1. The number of rotatable bonds is 4. The Morgan fingerprint density at radius 1 is 1.61 bits per heavy atom. The molecule has 5 nitrogen and oxygen atoms in total. The Bertz CT molecular complexity index is 517. The minimum Gasteiger partial charge on any atom is -0.393 e. The quantitative estimate of drug-likeness (QED) is 0.522. The van der Waals surface area contributed by atoms with Gasteiger partial charge in [-0.15, -0.1) is 0 Å². The van der Waals surface area contributed by atoms with E-state index in [1.165, 1.54) is 19.1 Å². The van der Waals surface area contributed by atoms with Crippen LogP contribution in [-0.2, 0) is 4.79 Å². The van der Waals surface area contributed by atoms with Gasteiger partial charge in [-0.1, -0.05) is 35.5 Å². The fraction of sp³-hybridized carbons (Fsp3) is 0.182. The largest absolute Gasteiger partial charge is 0.393 e. The molecule has 0 heterocycles. The summed E-state index contributed by atoms with van der Waals surface area (Å²) < 4.78 is 0. The van der Waals surface area contributed by atoms with Gasteiger partial charge in [-0.2, -0.15) is 0 Å². The summed E-state index contributed by atoms with van der Waals surface area (Å²) in [6, 6.07) is 2.66. The number of hydrogen-bond donors (Lipinski definition) is 1. The first-order valence-electron chi connectivity index (χ1n) is 4.95. The summed E-state index contributed by atoms with van der Waals surface area (Å²) in [5.74, 6) is 0.490. The van der Waals surface area contributed by atoms with E-state index in [9.17, 15) is 14.9 Å². The first-order chi connectivity index (χ1) is 8.41. The fourth-order valence-electron chi connectivity index (χ4n) is 1.22. The molecule has 0 atom stereocenters. The number of halogens is 1. The monoisotopic (exact) mass is 286 g/mol. The van der Waals surface area contributed by atoms with E-state index in [0.29, 0.717) is 16.3 Å². The second-order valence-electron chi connectivity index (χ2n) is 3.39. The van der Waals surface area contributed by atoms with E-state index in [1.807, 2.05) is 0 Å². The van der Waals surface area contributed by atoms with Crippen molar-refractivity contribution in [1.29, 1.82) is 0 Å². The molecule has 1 rings (SSSR count). The van der Waals surface area contributed by atoms with Crippen LogP contribution in [0.2, 0.25) is 5.02 Å². The number of carbonyl (C=O) groups excluding carboxylic acids is 1. The second-order valence-corrected chi connectivity index (χ2v) is 5.00. The maximum absolute atomic E-state index is 10.7. The van der Waals surface area contributed by atoms with Crippen molar-refractivity contribution in [2.24, 2.45) is 0 Å². The Morgan fingerprint density at radius 2 is 2.28 bits per heavy atom. The molecule has 0 radical (unpaired) electrons. The summed E-state index contributed by atoms with van der Waals surface area (Å²) in [7, 11) is 0. The van der Waals surface area contributed by atoms with Gasteiger partial charge in [-0.05, 0) is 11.6 Å². The minimum absolute atomic E-state index is 0.00836. The summed E-state index contributed by atoms with van der Waals surface area (Å²) in [6.07, 6.45) is 3.35. The molecule has 2 N–H and O–H groups in total. The van der Waals surface area contributed by atoms with E-state index in [4.69, 9.17) is 17.3 Å². The van der Waals surface area contributed by atoms with Gasteiger partial charge in [0.25, 0.3) is 5.69 Å². The zero-order valence-corrected chi connectivity index (χ0v) is 11.1. The van der Waals surface area contributed by atoms with Crippen molar-refractivity contribution in [3.8, 4) is 0 Å². The molecule has 0 aliphatic rings. The average Bonchev–Trinajstić information content (AvgIpc) is 2.25. The molecule has 0 saturated heterocycles. The lowest BCUT2D eigenvalue weighted by Crippen LogP contribution is -1.96. The van der Waals surface area contributed by atoms with Crippen LogP contribution in [0, 0.1) is 10.1 Å². The summed E-state index contributed by atoms with van der Waals surface area (Å²) in [6.45, 7) is 1.47. The molecule has 0 aromatic heterocycles. The molecule has 0 saturated carbocycles. The third-order valence-corrected chi connectivity index (χ3v) is 3.12. The van der Waals surface area contributed by atoms with Gasteiger partial charge in [0.15, 0.2) is 5.12 Å². The van der Waals surface area contributed by atoms with Crippen LogP contribution >= 0.6 is 23.4 Å². The van der Waals surface area contributed by atoms with Gasteiger partial charge in [-0.25, -0.2) is 0 Å². The third kappa shape index (κ3) is 4.05. The SMILES string of the molecule is CC(=O)SCC=Cc1cc([N+](=O)[O-])c(N)cc1Cl. The lowest BCUT2D eigenvalue weighted by molar-refractivity contribution is -0.383. The van der Waals surface area contributed by atoms with E-state index < -0.39 is 4.92 Å². The van der Waals surface area contributed by atoms with E-state index in [1.54, 1.807) is 12.2 Å². The summed E-state index contributed by atoms with van der Waals surface area (Å²) in [4.78, 5) is 20.9. The lowest BCUT2D eigenvalue weighted by atomic mass is 10.1. The highest BCUT2D eigenvalue weighted by molar-refractivity contribution is 8.13. The molecule has 0 fully saturated rings. The Kier molecular flexibility index (Phi) is 5.18. The molecule has 18 heavy (non-hydrogen) atoms. The Hall–Kier alpha value is -1.53. The number of hydrogen-bond acceptors (Lipinski definition) is 5. The van der Waals surface area contributed by atoms with Crippen molar-refractivity contribution in [2.45, 2.75) is 6.92 Å². The molecule has 0 spiro atoms. The smallest absolute Gasteiger partial charge is 0.292 e.